The summed E-state index contributed by atoms with van der Waals surface area (Å²) in [7, 11) is 0. The normalized spacial score (nSPS) is 10.0. The van der Waals surface area contributed by atoms with Crippen molar-refractivity contribution in [3.05, 3.63) is 77.4 Å². The summed E-state index contributed by atoms with van der Waals surface area (Å²) in [6.07, 6.45) is 3.10. The van der Waals surface area contributed by atoms with Crippen LogP contribution in [0.25, 0.3) is 6.08 Å². The third-order valence-electron chi connectivity index (χ3n) is 3.00. The van der Waals surface area contributed by atoms with E-state index in [0.717, 1.165) is 11.1 Å². The van der Waals surface area contributed by atoms with Gasteiger partial charge < -0.3 is 0 Å². The van der Waals surface area contributed by atoms with Gasteiger partial charge in [0.15, 0.2) is 0 Å². The second-order valence-corrected chi connectivity index (χ2v) is 4.77. The average Bonchev–Trinajstić information content (AvgIpc) is 2.59. The van der Waals surface area contributed by atoms with Crippen molar-refractivity contribution in [3.8, 4) is 6.07 Å². The fourth-order valence-corrected chi connectivity index (χ4v) is 1.84. The van der Waals surface area contributed by atoms with E-state index in [9.17, 15) is 9.59 Å². The maximum atomic E-state index is 11.7. The van der Waals surface area contributed by atoms with Gasteiger partial charge in [-0.25, -0.2) is 0 Å². The van der Waals surface area contributed by atoms with E-state index in [1.807, 2.05) is 36.4 Å². The van der Waals surface area contributed by atoms with Crippen molar-refractivity contribution < 1.29 is 9.59 Å². The highest BCUT2D eigenvalue weighted by atomic mass is 16.2. The van der Waals surface area contributed by atoms with Gasteiger partial charge in [-0.3, -0.25) is 20.4 Å². The molecule has 0 radical (unpaired) electrons. The number of hydrazine groups is 1. The summed E-state index contributed by atoms with van der Waals surface area (Å²) in [5.74, 6) is -0.730. The van der Waals surface area contributed by atoms with Crippen molar-refractivity contribution in [3.63, 3.8) is 0 Å². The minimum atomic E-state index is -0.434. The quantitative estimate of drug-likeness (QED) is 0.669. The monoisotopic (exact) mass is 305 g/mol. The molecule has 0 atom stereocenters. The predicted octanol–water partition coefficient (Wildman–Crippen LogP) is 1.96. The number of benzene rings is 2. The third-order valence-corrected chi connectivity index (χ3v) is 3.00. The minimum absolute atomic E-state index is 0.195. The Morgan fingerprint density at radius 1 is 1.00 bits per heavy atom. The van der Waals surface area contributed by atoms with Crippen molar-refractivity contribution in [2.75, 3.05) is 0 Å². The van der Waals surface area contributed by atoms with E-state index in [4.69, 9.17) is 5.26 Å². The predicted molar refractivity (Wildman–Crippen MR) is 86.6 cm³/mol. The number of nitriles is 1. The van der Waals surface area contributed by atoms with Gasteiger partial charge >= 0.3 is 0 Å². The number of hydrogen-bond donors (Lipinski definition) is 2. The Bertz CT molecular complexity index is 744. The molecule has 0 aliphatic carbocycles. The van der Waals surface area contributed by atoms with Crippen LogP contribution in [0.2, 0.25) is 0 Å². The number of carbonyl (C=O) groups is 2. The van der Waals surface area contributed by atoms with E-state index in [1.54, 1.807) is 30.3 Å². The van der Waals surface area contributed by atoms with Crippen molar-refractivity contribution >= 4 is 17.9 Å². The summed E-state index contributed by atoms with van der Waals surface area (Å²) in [6.45, 7) is 0. The van der Waals surface area contributed by atoms with E-state index in [-0.39, 0.29) is 12.3 Å². The van der Waals surface area contributed by atoms with E-state index in [2.05, 4.69) is 10.9 Å². The van der Waals surface area contributed by atoms with E-state index in [1.165, 1.54) is 6.08 Å². The first-order valence-electron chi connectivity index (χ1n) is 6.98. The molecular weight excluding hydrogens is 290 g/mol. The molecule has 0 unspecified atom stereocenters. The zero-order chi connectivity index (χ0) is 16.5. The van der Waals surface area contributed by atoms with Crippen molar-refractivity contribution in [1.82, 2.24) is 10.9 Å². The van der Waals surface area contributed by atoms with Crippen molar-refractivity contribution in [2.45, 2.75) is 6.42 Å². The summed E-state index contributed by atoms with van der Waals surface area (Å²) in [4.78, 5) is 23.3. The lowest BCUT2D eigenvalue weighted by atomic mass is 10.1. The van der Waals surface area contributed by atoms with Crippen LogP contribution in [0.1, 0.15) is 16.7 Å². The highest BCUT2D eigenvalue weighted by Crippen LogP contribution is 2.04. The fourth-order valence-electron chi connectivity index (χ4n) is 1.84. The zero-order valence-corrected chi connectivity index (χ0v) is 12.3. The molecule has 0 aliphatic heterocycles. The summed E-state index contributed by atoms with van der Waals surface area (Å²) >= 11 is 0. The van der Waals surface area contributed by atoms with Gasteiger partial charge in [0, 0.05) is 6.08 Å². The molecule has 2 amide bonds. The lowest BCUT2D eigenvalue weighted by Crippen LogP contribution is -2.41. The van der Waals surface area contributed by atoms with Crippen LogP contribution in [-0.2, 0) is 16.0 Å². The molecule has 0 spiro atoms. The smallest absolute Gasteiger partial charge is 0.262 e. The summed E-state index contributed by atoms with van der Waals surface area (Å²) in [5.41, 5.74) is 6.88. The van der Waals surface area contributed by atoms with Crippen LogP contribution in [0.5, 0.6) is 0 Å². The number of hydrogen-bond acceptors (Lipinski definition) is 3. The van der Waals surface area contributed by atoms with Gasteiger partial charge in [-0.15, -0.1) is 0 Å². The van der Waals surface area contributed by atoms with E-state index < -0.39 is 5.91 Å². The Labute approximate surface area is 134 Å². The molecule has 0 heterocycles. The van der Waals surface area contributed by atoms with Crippen LogP contribution in [0.3, 0.4) is 0 Å². The van der Waals surface area contributed by atoms with Gasteiger partial charge in [0.05, 0.1) is 18.1 Å². The van der Waals surface area contributed by atoms with Gasteiger partial charge in [0.25, 0.3) is 5.91 Å². The number of amides is 2. The first-order valence-corrected chi connectivity index (χ1v) is 6.98. The largest absolute Gasteiger partial charge is 0.273 e. The Morgan fingerprint density at radius 2 is 1.70 bits per heavy atom. The van der Waals surface area contributed by atoms with Crippen LogP contribution in [-0.4, -0.2) is 11.8 Å². The van der Waals surface area contributed by atoms with Crippen LogP contribution in [0.15, 0.2) is 60.7 Å². The van der Waals surface area contributed by atoms with Crippen molar-refractivity contribution in [2.24, 2.45) is 0 Å². The minimum Gasteiger partial charge on any atom is -0.273 e. The summed E-state index contributed by atoms with van der Waals surface area (Å²) in [5, 5.41) is 8.70. The second-order valence-electron chi connectivity index (χ2n) is 4.77. The summed E-state index contributed by atoms with van der Waals surface area (Å²) < 4.78 is 0. The lowest BCUT2D eigenvalue weighted by Gasteiger charge is -2.05. The van der Waals surface area contributed by atoms with Gasteiger partial charge in [-0.2, -0.15) is 5.26 Å². The Hall–Kier alpha value is -3.39. The molecule has 0 bridgehead atoms. The van der Waals surface area contributed by atoms with E-state index >= 15 is 0 Å². The molecular formula is C18H15N3O2. The summed E-state index contributed by atoms with van der Waals surface area (Å²) in [6, 6.07) is 18.1. The van der Waals surface area contributed by atoms with Crippen LogP contribution < -0.4 is 10.9 Å². The van der Waals surface area contributed by atoms with Gasteiger partial charge in [-0.05, 0) is 29.3 Å². The Morgan fingerprint density at radius 3 is 2.35 bits per heavy atom. The fraction of sp³-hybridized carbons (Fsp3) is 0.0556. The SMILES string of the molecule is N#Cc1ccc(/C=C/C(=O)NNC(=O)Cc2ccccc2)cc1. The molecule has 0 aromatic heterocycles. The lowest BCUT2D eigenvalue weighted by molar-refractivity contribution is -0.126. The van der Waals surface area contributed by atoms with Crippen LogP contribution in [0.4, 0.5) is 0 Å². The molecule has 2 aromatic rings. The molecule has 5 nitrogen and oxygen atoms in total. The van der Waals surface area contributed by atoms with Gasteiger partial charge in [0.1, 0.15) is 0 Å². The number of carbonyl (C=O) groups excluding carboxylic acids is 2. The molecule has 5 heteroatoms. The molecule has 23 heavy (non-hydrogen) atoms. The number of rotatable bonds is 4. The van der Waals surface area contributed by atoms with Crippen LogP contribution in [0, 0.1) is 11.3 Å². The van der Waals surface area contributed by atoms with Gasteiger partial charge in [-0.1, -0.05) is 42.5 Å². The highest BCUT2D eigenvalue weighted by Gasteiger charge is 2.03. The highest BCUT2D eigenvalue weighted by molar-refractivity contribution is 5.93. The van der Waals surface area contributed by atoms with Gasteiger partial charge in [0.2, 0.25) is 5.91 Å². The molecule has 0 aliphatic rings. The maximum Gasteiger partial charge on any atom is 0.262 e. The molecule has 2 aromatic carbocycles. The Balaban J connectivity index is 1.79. The molecule has 2 N–H and O–H groups in total. The molecule has 114 valence electrons. The standard InChI is InChI=1S/C18H15N3O2/c19-13-16-8-6-14(7-9-16)10-11-17(22)20-21-18(23)12-15-4-2-1-3-5-15/h1-11H,12H2,(H,20,22)(H,21,23)/b11-10+. The van der Waals surface area contributed by atoms with E-state index in [0.29, 0.717) is 5.56 Å². The average molecular weight is 305 g/mol. The second kappa shape index (κ2) is 8.15. The first-order chi connectivity index (χ1) is 11.2. The van der Waals surface area contributed by atoms with Crippen molar-refractivity contribution in [1.29, 1.82) is 5.26 Å². The third kappa shape index (κ3) is 5.48. The topological polar surface area (TPSA) is 82.0 Å². The number of nitrogens with zero attached hydrogens (tertiary/aromatic N) is 1. The first kappa shape index (κ1) is 16.0. The van der Waals surface area contributed by atoms with Crippen LogP contribution >= 0.6 is 0 Å². The molecule has 0 fully saturated rings. The molecule has 0 saturated heterocycles. The maximum absolute atomic E-state index is 11.7. The molecule has 0 saturated carbocycles. The molecule has 2 rings (SSSR count). The zero-order valence-electron chi connectivity index (χ0n) is 12.3. The number of nitrogens with one attached hydrogen (secondary N) is 2. The Kier molecular flexibility index (Phi) is 5.67.